The minimum absolute atomic E-state index is 0.0851. The molecule has 2 rings (SSSR count). The zero-order valence-corrected chi connectivity index (χ0v) is 15.8. The number of carbonyl (C=O) groups is 1. The Balaban J connectivity index is 2.14. The Morgan fingerprint density at radius 1 is 1.12 bits per heavy atom. The van der Waals surface area contributed by atoms with E-state index in [-0.39, 0.29) is 16.7 Å². The highest BCUT2D eigenvalue weighted by Gasteiger charge is 2.14. The number of phenols is 1. The number of hydrazone groups is 1. The summed E-state index contributed by atoms with van der Waals surface area (Å²) in [4.78, 5) is 12.1. The van der Waals surface area contributed by atoms with Crippen LogP contribution in [0.1, 0.15) is 49.2 Å². The highest BCUT2D eigenvalue weighted by atomic mass is 79.9. The fraction of sp³-hybridized carbons (Fsp3) is 0.263. The van der Waals surface area contributed by atoms with Crippen molar-refractivity contribution in [1.29, 1.82) is 0 Å². The van der Waals surface area contributed by atoms with Gasteiger partial charge in [0.2, 0.25) is 0 Å². The quantitative estimate of drug-likeness (QED) is 0.595. The van der Waals surface area contributed by atoms with Crippen LogP contribution in [0.3, 0.4) is 0 Å². The third-order valence-electron chi connectivity index (χ3n) is 3.70. The van der Waals surface area contributed by atoms with Gasteiger partial charge < -0.3 is 5.11 Å². The molecule has 0 aliphatic carbocycles. The number of amides is 1. The van der Waals surface area contributed by atoms with E-state index in [1.54, 1.807) is 12.1 Å². The van der Waals surface area contributed by atoms with E-state index >= 15 is 0 Å². The van der Waals surface area contributed by atoms with Crippen molar-refractivity contribution in [3.63, 3.8) is 0 Å². The molecule has 0 unspecified atom stereocenters. The molecule has 0 fully saturated rings. The summed E-state index contributed by atoms with van der Waals surface area (Å²) in [5.74, 6) is -0.544. The second kappa shape index (κ2) is 7.18. The highest BCUT2D eigenvalue weighted by Crippen LogP contribution is 2.23. The lowest BCUT2D eigenvalue weighted by molar-refractivity contribution is 0.0952. The van der Waals surface area contributed by atoms with E-state index in [1.807, 2.05) is 19.1 Å². The largest absolute Gasteiger partial charge is 0.507 e. The molecule has 0 saturated heterocycles. The van der Waals surface area contributed by atoms with Crippen LogP contribution in [0.25, 0.3) is 0 Å². The lowest BCUT2D eigenvalue weighted by Gasteiger charge is -2.19. The summed E-state index contributed by atoms with van der Waals surface area (Å²) in [6.45, 7) is 8.31. The Morgan fingerprint density at radius 2 is 1.75 bits per heavy atom. The molecule has 0 heterocycles. The number of aromatic hydroxyl groups is 1. The van der Waals surface area contributed by atoms with E-state index in [4.69, 9.17) is 0 Å². The second-order valence-electron chi connectivity index (χ2n) is 6.63. The number of hydrogen-bond acceptors (Lipinski definition) is 3. The molecule has 0 atom stereocenters. The fourth-order valence-electron chi connectivity index (χ4n) is 2.16. The maximum Gasteiger partial charge on any atom is 0.275 e. The number of nitrogens with zero attached hydrogens (tertiary/aromatic N) is 1. The molecule has 2 N–H and O–H groups in total. The van der Waals surface area contributed by atoms with Crippen LogP contribution >= 0.6 is 15.9 Å². The van der Waals surface area contributed by atoms with Crippen LogP contribution in [0, 0.1) is 0 Å². The van der Waals surface area contributed by atoms with Crippen LogP contribution in [0.5, 0.6) is 5.75 Å². The fourth-order valence-corrected chi connectivity index (χ4v) is 2.52. The van der Waals surface area contributed by atoms with Gasteiger partial charge in [0, 0.05) is 4.47 Å². The molecule has 126 valence electrons. The first-order chi connectivity index (χ1) is 11.2. The number of phenolic OH excluding ortho intramolecular Hbond substituents is 1. The standard InChI is InChI=1S/C19H21BrN2O2/c1-12(13-5-7-14(8-6-13)19(2,3)4)21-22-18(24)16-11-15(20)9-10-17(16)23/h5-11,23H,1-4H3,(H,22,24)/b21-12-. The number of halogens is 1. The Bertz CT molecular complexity index is 775. The second-order valence-corrected chi connectivity index (χ2v) is 7.54. The normalized spacial score (nSPS) is 12.1. The van der Waals surface area contributed by atoms with Crippen LogP contribution in [0.15, 0.2) is 52.0 Å². The van der Waals surface area contributed by atoms with Crippen molar-refractivity contribution >= 4 is 27.5 Å². The Kier molecular flexibility index (Phi) is 5.44. The molecule has 24 heavy (non-hydrogen) atoms. The zero-order valence-electron chi connectivity index (χ0n) is 14.2. The van der Waals surface area contributed by atoms with Gasteiger partial charge >= 0.3 is 0 Å². The molecule has 5 heteroatoms. The summed E-state index contributed by atoms with van der Waals surface area (Å²) in [5.41, 5.74) is 5.61. The maximum atomic E-state index is 12.1. The third-order valence-corrected chi connectivity index (χ3v) is 4.19. The van der Waals surface area contributed by atoms with Gasteiger partial charge in [-0.3, -0.25) is 4.79 Å². The minimum Gasteiger partial charge on any atom is -0.507 e. The molecule has 0 aliphatic heterocycles. The predicted octanol–water partition coefficient (Wildman–Crippen LogP) is 4.61. The summed E-state index contributed by atoms with van der Waals surface area (Å²) in [5, 5.41) is 13.9. The average Bonchev–Trinajstić information content (AvgIpc) is 2.53. The number of rotatable bonds is 3. The van der Waals surface area contributed by atoms with Crippen molar-refractivity contribution in [2.24, 2.45) is 5.10 Å². The molecular formula is C19H21BrN2O2. The van der Waals surface area contributed by atoms with Gasteiger partial charge in [0.05, 0.1) is 11.3 Å². The molecule has 0 spiro atoms. The number of hydrogen-bond donors (Lipinski definition) is 2. The number of benzene rings is 2. The zero-order chi connectivity index (χ0) is 17.9. The lowest BCUT2D eigenvalue weighted by atomic mass is 9.86. The van der Waals surface area contributed by atoms with Crippen molar-refractivity contribution in [3.8, 4) is 5.75 Å². The van der Waals surface area contributed by atoms with Crippen molar-refractivity contribution in [3.05, 3.63) is 63.6 Å². The summed E-state index contributed by atoms with van der Waals surface area (Å²) in [6, 6.07) is 12.8. The van der Waals surface area contributed by atoms with E-state index in [1.165, 1.54) is 11.6 Å². The van der Waals surface area contributed by atoms with Crippen molar-refractivity contribution in [2.75, 3.05) is 0 Å². The minimum atomic E-state index is -0.459. The maximum absolute atomic E-state index is 12.1. The van der Waals surface area contributed by atoms with Crippen molar-refractivity contribution < 1.29 is 9.90 Å². The van der Waals surface area contributed by atoms with Crippen LogP contribution in [-0.4, -0.2) is 16.7 Å². The molecule has 2 aromatic carbocycles. The van der Waals surface area contributed by atoms with E-state index < -0.39 is 5.91 Å². The molecule has 0 saturated carbocycles. The third kappa shape index (κ3) is 4.45. The Labute approximate surface area is 150 Å². The van der Waals surface area contributed by atoms with Crippen molar-refractivity contribution in [1.82, 2.24) is 5.43 Å². The number of nitrogens with one attached hydrogen (secondary N) is 1. The van der Waals surface area contributed by atoms with Gasteiger partial charge in [0.15, 0.2) is 0 Å². The van der Waals surface area contributed by atoms with Gasteiger partial charge in [0.1, 0.15) is 5.75 Å². The first-order valence-corrected chi connectivity index (χ1v) is 8.42. The Hall–Kier alpha value is -2.14. The number of carbonyl (C=O) groups excluding carboxylic acids is 1. The molecule has 0 bridgehead atoms. The average molecular weight is 389 g/mol. The van der Waals surface area contributed by atoms with E-state index in [0.29, 0.717) is 10.2 Å². The monoisotopic (exact) mass is 388 g/mol. The predicted molar refractivity (Wildman–Crippen MR) is 101 cm³/mol. The summed E-state index contributed by atoms with van der Waals surface area (Å²) in [7, 11) is 0. The summed E-state index contributed by atoms with van der Waals surface area (Å²) in [6.07, 6.45) is 0. The molecule has 0 radical (unpaired) electrons. The SMILES string of the molecule is C/C(=N/NC(=O)c1cc(Br)ccc1O)c1ccc(C(C)(C)C)cc1. The Morgan fingerprint density at radius 3 is 2.33 bits per heavy atom. The molecular weight excluding hydrogens is 368 g/mol. The van der Waals surface area contributed by atoms with E-state index in [2.05, 4.69) is 59.4 Å². The van der Waals surface area contributed by atoms with Crippen LogP contribution in [0.2, 0.25) is 0 Å². The summed E-state index contributed by atoms with van der Waals surface area (Å²) < 4.78 is 0.712. The van der Waals surface area contributed by atoms with Gasteiger partial charge in [-0.1, -0.05) is 61.0 Å². The van der Waals surface area contributed by atoms with Gasteiger partial charge in [-0.2, -0.15) is 5.10 Å². The molecule has 1 amide bonds. The van der Waals surface area contributed by atoms with Gasteiger partial charge in [0.25, 0.3) is 5.91 Å². The smallest absolute Gasteiger partial charge is 0.275 e. The van der Waals surface area contributed by atoms with E-state index in [9.17, 15) is 9.90 Å². The molecule has 2 aromatic rings. The topological polar surface area (TPSA) is 61.7 Å². The van der Waals surface area contributed by atoms with Gasteiger partial charge in [-0.05, 0) is 41.7 Å². The van der Waals surface area contributed by atoms with Gasteiger partial charge in [-0.25, -0.2) is 5.43 Å². The van der Waals surface area contributed by atoms with Crippen LogP contribution < -0.4 is 5.43 Å². The van der Waals surface area contributed by atoms with E-state index in [0.717, 1.165) is 5.56 Å². The first-order valence-electron chi connectivity index (χ1n) is 7.62. The summed E-state index contributed by atoms with van der Waals surface area (Å²) >= 11 is 3.28. The molecule has 0 aliphatic rings. The van der Waals surface area contributed by atoms with Crippen LogP contribution in [0.4, 0.5) is 0 Å². The van der Waals surface area contributed by atoms with Crippen molar-refractivity contribution in [2.45, 2.75) is 33.1 Å². The highest BCUT2D eigenvalue weighted by molar-refractivity contribution is 9.10. The lowest BCUT2D eigenvalue weighted by Crippen LogP contribution is -2.19. The van der Waals surface area contributed by atoms with Gasteiger partial charge in [-0.15, -0.1) is 0 Å². The van der Waals surface area contributed by atoms with Crippen LogP contribution in [-0.2, 0) is 5.41 Å². The molecule has 4 nitrogen and oxygen atoms in total. The first kappa shape index (κ1) is 18.2. The molecule has 0 aromatic heterocycles.